The van der Waals surface area contributed by atoms with Gasteiger partial charge in [-0.2, -0.15) is 0 Å². The van der Waals surface area contributed by atoms with Crippen LogP contribution in [0.5, 0.6) is 5.75 Å². The maximum Gasteiger partial charge on any atom is 0.119 e. The van der Waals surface area contributed by atoms with E-state index in [-0.39, 0.29) is 0 Å². The number of hydrogen-bond donors (Lipinski definition) is 0. The van der Waals surface area contributed by atoms with Crippen molar-refractivity contribution in [3.63, 3.8) is 0 Å². The Hall–Kier alpha value is -0.980. The summed E-state index contributed by atoms with van der Waals surface area (Å²) in [5, 5.41) is 0. The van der Waals surface area contributed by atoms with Gasteiger partial charge in [0.15, 0.2) is 0 Å². The molecule has 0 N–H and O–H groups in total. The highest BCUT2D eigenvalue weighted by Gasteiger charge is 2.19. The van der Waals surface area contributed by atoms with Gasteiger partial charge in [-0.05, 0) is 37.3 Å². The minimum absolute atomic E-state index is 0.446. The molecule has 0 heterocycles. The van der Waals surface area contributed by atoms with E-state index in [1.54, 1.807) is 0 Å². The third kappa shape index (κ3) is 2.50. The van der Waals surface area contributed by atoms with Gasteiger partial charge in [0.2, 0.25) is 0 Å². The molecule has 1 aromatic rings. The van der Waals surface area contributed by atoms with Gasteiger partial charge < -0.3 is 4.74 Å². The summed E-state index contributed by atoms with van der Waals surface area (Å²) in [6.45, 7) is 2.32. The zero-order valence-electron chi connectivity index (χ0n) is 8.78. The van der Waals surface area contributed by atoms with E-state index in [4.69, 9.17) is 4.74 Å². The summed E-state index contributed by atoms with van der Waals surface area (Å²) in [5.41, 5.74) is 0. The maximum atomic E-state index is 5.93. The number of rotatable bonds is 2. The Morgan fingerprint density at radius 3 is 2.64 bits per heavy atom. The van der Waals surface area contributed by atoms with Crippen LogP contribution in [-0.2, 0) is 0 Å². The van der Waals surface area contributed by atoms with Gasteiger partial charge in [0, 0.05) is 0 Å². The fraction of sp³-hybridized carbons (Fsp3) is 0.538. The zero-order valence-corrected chi connectivity index (χ0v) is 8.78. The molecule has 0 unspecified atom stereocenters. The summed E-state index contributed by atoms with van der Waals surface area (Å²) in [5.74, 6) is 1.85. The van der Waals surface area contributed by atoms with E-state index in [1.165, 1.54) is 25.7 Å². The second-order valence-electron chi connectivity index (χ2n) is 4.32. The molecule has 1 nitrogen and oxygen atoms in total. The number of hydrogen-bond acceptors (Lipinski definition) is 1. The molecule has 2 rings (SSSR count). The van der Waals surface area contributed by atoms with Gasteiger partial charge in [0.05, 0.1) is 6.10 Å². The predicted molar refractivity (Wildman–Crippen MR) is 58.5 cm³/mol. The summed E-state index contributed by atoms with van der Waals surface area (Å²) in [6.07, 6.45) is 5.57. The quantitative estimate of drug-likeness (QED) is 0.691. The molecule has 0 bridgehead atoms. The number of benzene rings is 1. The van der Waals surface area contributed by atoms with Crippen molar-refractivity contribution >= 4 is 0 Å². The molecule has 1 saturated carbocycles. The van der Waals surface area contributed by atoms with Gasteiger partial charge in [0.1, 0.15) is 5.75 Å². The van der Waals surface area contributed by atoms with E-state index in [0.717, 1.165) is 11.7 Å². The summed E-state index contributed by atoms with van der Waals surface area (Å²) >= 11 is 0. The molecular formula is C13H18O. The van der Waals surface area contributed by atoms with Crippen LogP contribution in [0.25, 0.3) is 0 Å². The third-order valence-corrected chi connectivity index (χ3v) is 2.93. The van der Waals surface area contributed by atoms with E-state index in [0.29, 0.717) is 6.10 Å². The van der Waals surface area contributed by atoms with Gasteiger partial charge in [0.25, 0.3) is 0 Å². The Balaban J connectivity index is 1.91. The highest BCUT2D eigenvalue weighted by atomic mass is 16.5. The molecule has 0 aromatic heterocycles. The largest absolute Gasteiger partial charge is 0.490 e. The Morgan fingerprint density at radius 2 is 1.93 bits per heavy atom. The summed E-state index contributed by atoms with van der Waals surface area (Å²) in [7, 11) is 0. The van der Waals surface area contributed by atoms with Crippen LogP contribution in [0, 0.1) is 5.92 Å². The van der Waals surface area contributed by atoms with E-state index in [1.807, 2.05) is 30.3 Å². The van der Waals surface area contributed by atoms with Gasteiger partial charge in [-0.15, -0.1) is 0 Å². The monoisotopic (exact) mass is 190 g/mol. The van der Waals surface area contributed by atoms with Crippen molar-refractivity contribution in [3.05, 3.63) is 30.3 Å². The molecule has 1 aliphatic rings. The maximum absolute atomic E-state index is 5.93. The van der Waals surface area contributed by atoms with Crippen molar-refractivity contribution in [1.82, 2.24) is 0 Å². The Bertz CT molecular complexity index is 268. The van der Waals surface area contributed by atoms with Crippen molar-refractivity contribution in [2.75, 3.05) is 0 Å². The number of para-hydroxylation sites is 1. The molecule has 14 heavy (non-hydrogen) atoms. The fourth-order valence-corrected chi connectivity index (χ4v) is 2.18. The molecule has 0 radical (unpaired) electrons. The van der Waals surface area contributed by atoms with Gasteiger partial charge >= 0.3 is 0 Å². The Morgan fingerprint density at radius 1 is 1.14 bits per heavy atom. The van der Waals surface area contributed by atoms with Crippen molar-refractivity contribution in [2.24, 2.45) is 5.92 Å². The summed E-state index contributed by atoms with van der Waals surface area (Å²) in [4.78, 5) is 0. The second-order valence-corrected chi connectivity index (χ2v) is 4.32. The standard InChI is InChI=1S/C13H18O/c1-11-6-5-9-13(10-11)14-12-7-3-2-4-8-12/h2-4,7-8,11,13H,5-6,9-10H2,1H3/t11-,13+/m0/s1. The third-order valence-electron chi connectivity index (χ3n) is 2.93. The van der Waals surface area contributed by atoms with Crippen LogP contribution in [0.15, 0.2) is 30.3 Å². The molecule has 0 saturated heterocycles. The molecule has 0 spiro atoms. The topological polar surface area (TPSA) is 9.23 Å². The summed E-state index contributed by atoms with van der Waals surface area (Å²) in [6, 6.07) is 10.2. The lowest BCUT2D eigenvalue weighted by molar-refractivity contribution is 0.129. The molecule has 1 fully saturated rings. The van der Waals surface area contributed by atoms with Gasteiger partial charge in [-0.3, -0.25) is 0 Å². The number of ether oxygens (including phenoxy) is 1. The molecule has 1 heteroatoms. The molecule has 76 valence electrons. The lowest BCUT2D eigenvalue weighted by Crippen LogP contribution is -2.23. The van der Waals surface area contributed by atoms with E-state index >= 15 is 0 Å². The van der Waals surface area contributed by atoms with Crippen LogP contribution in [0.3, 0.4) is 0 Å². The first kappa shape index (κ1) is 9.57. The lowest BCUT2D eigenvalue weighted by Gasteiger charge is -2.27. The minimum Gasteiger partial charge on any atom is -0.490 e. The lowest BCUT2D eigenvalue weighted by atomic mass is 9.89. The molecule has 1 aromatic carbocycles. The second kappa shape index (κ2) is 4.50. The van der Waals surface area contributed by atoms with Crippen LogP contribution in [0.1, 0.15) is 32.6 Å². The molecule has 1 aliphatic carbocycles. The Kier molecular flexibility index (Phi) is 3.07. The van der Waals surface area contributed by atoms with Crippen molar-refractivity contribution < 1.29 is 4.74 Å². The van der Waals surface area contributed by atoms with Crippen molar-refractivity contribution in [3.8, 4) is 5.75 Å². The Labute approximate surface area is 86.1 Å². The first-order valence-electron chi connectivity index (χ1n) is 5.56. The molecule has 0 aliphatic heterocycles. The smallest absolute Gasteiger partial charge is 0.119 e. The first-order chi connectivity index (χ1) is 6.84. The van der Waals surface area contributed by atoms with Crippen molar-refractivity contribution in [2.45, 2.75) is 38.7 Å². The van der Waals surface area contributed by atoms with Crippen molar-refractivity contribution in [1.29, 1.82) is 0 Å². The van der Waals surface area contributed by atoms with Gasteiger partial charge in [-0.25, -0.2) is 0 Å². The van der Waals surface area contributed by atoms with Gasteiger partial charge in [-0.1, -0.05) is 31.5 Å². The predicted octanol–water partition coefficient (Wildman–Crippen LogP) is 3.64. The van der Waals surface area contributed by atoms with Crippen LogP contribution >= 0.6 is 0 Å². The zero-order chi connectivity index (χ0) is 9.80. The summed E-state index contributed by atoms with van der Waals surface area (Å²) < 4.78 is 5.93. The molecule has 2 atom stereocenters. The van der Waals surface area contributed by atoms with E-state index < -0.39 is 0 Å². The van der Waals surface area contributed by atoms with Crippen LogP contribution in [0.2, 0.25) is 0 Å². The average Bonchev–Trinajstić information content (AvgIpc) is 2.19. The highest BCUT2D eigenvalue weighted by molar-refractivity contribution is 5.21. The minimum atomic E-state index is 0.446. The van der Waals surface area contributed by atoms with Crippen LogP contribution in [-0.4, -0.2) is 6.10 Å². The fourth-order valence-electron chi connectivity index (χ4n) is 2.18. The SMILES string of the molecule is C[C@H]1CCC[C@@H](Oc2ccccc2)C1. The highest BCUT2D eigenvalue weighted by Crippen LogP contribution is 2.27. The van der Waals surface area contributed by atoms with Crippen LogP contribution < -0.4 is 4.74 Å². The average molecular weight is 190 g/mol. The first-order valence-corrected chi connectivity index (χ1v) is 5.56. The normalized spacial score (nSPS) is 27.2. The molecular weight excluding hydrogens is 172 g/mol. The molecule has 0 amide bonds. The van der Waals surface area contributed by atoms with E-state index in [9.17, 15) is 0 Å². The van der Waals surface area contributed by atoms with E-state index in [2.05, 4.69) is 6.92 Å². The van der Waals surface area contributed by atoms with Crippen LogP contribution in [0.4, 0.5) is 0 Å².